The zero-order valence-corrected chi connectivity index (χ0v) is 8.94. The minimum Gasteiger partial charge on any atom is -0.496 e. The molecule has 3 nitrogen and oxygen atoms in total. The molecule has 1 rings (SSSR count). The van der Waals surface area contributed by atoms with E-state index in [0.29, 0.717) is 12.2 Å². The summed E-state index contributed by atoms with van der Waals surface area (Å²) >= 11 is 0. The van der Waals surface area contributed by atoms with Gasteiger partial charge in [0, 0.05) is 6.61 Å². The van der Waals surface area contributed by atoms with Gasteiger partial charge in [0.25, 0.3) is 0 Å². The Bertz CT molecular complexity index is 261. The fourth-order valence-electron chi connectivity index (χ4n) is 0.836. The van der Waals surface area contributed by atoms with Crippen molar-refractivity contribution in [1.82, 2.24) is 0 Å². The van der Waals surface area contributed by atoms with Crippen LogP contribution in [0.25, 0.3) is 0 Å². The monoisotopic (exact) mass is 196 g/mol. The molecule has 0 radical (unpaired) electrons. The van der Waals surface area contributed by atoms with E-state index in [-0.39, 0.29) is 5.97 Å². The molecule has 0 aliphatic rings. The molecule has 0 saturated carbocycles. The van der Waals surface area contributed by atoms with Crippen LogP contribution in [0.1, 0.15) is 17.3 Å². The van der Waals surface area contributed by atoms with Crippen molar-refractivity contribution in [2.45, 2.75) is 6.92 Å². The molecule has 1 aromatic rings. The van der Waals surface area contributed by atoms with E-state index in [1.54, 1.807) is 24.3 Å². The Balaban J connectivity index is 2.40. The SMILES string of the molecule is CCO[SiH2]OC(=O)c1ccccc1. The predicted octanol–water partition coefficient (Wildman–Crippen LogP) is 0.879. The summed E-state index contributed by atoms with van der Waals surface area (Å²) in [6, 6.07) is 8.92. The highest BCUT2D eigenvalue weighted by Crippen LogP contribution is 1.99. The molecule has 0 fully saturated rings. The maximum atomic E-state index is 11.3. The minimum absolute atomic E-state index is 0.291. The van der Waals surface area contributed by atoms with Crippen molar-refractivity contribution < 1.29 is 13.6 Å². The molecule has 70 valence electrons. The van der Waals surface area contributed by atoms with Gasteiger partial charge >= 0.3 is 16.0 Å². The van der Waals surface area contributed by atoms with Crippen LogP contribution in [-0.4, -0.2) is 22.6 Å². The van der Waals surface area contributed by atoms with Crippen molar-refractivity contribution in [3.8, 4) is 0 Å². The van der Waals surface area contributed by atoms with E-state index in [2.05, 4.69) is 0 Å². The van der Waals surface area contributed by atoms with Crippen LogP contribution in [0.2, 0.25) is 0 Å². The van der Waals surface area contributed by atoms with Gasteiger partial charge < -0.3 is 8.85 Å². The number of rotatable bonds is 4. The van der Waals surface area contributed by atoms with Gasteiger partial charge in [-0.25, -0.2) is 4.79 Å². The molecule has 0 N–H and O–H groups in total. The van der Waals surface area contributed by atoms with Gasteiger partial charge in [0.05, 0.1) is 5.56 Å². The maximum absolute atomic E-state index is 11.3. The first kappa shape index (κ1) is 9.95. The Morgan fingerprint density at radius 1 is 1.38 bits per heavy atom. The number of hydrogen-bond donors (Lipinski definition) is 0. The Morgan fingerprint density at radius 2 is 2.08 bits per heavy atom. The fourth-order valence-corrected chi connectivity index (χ4v) is 1.36. The van der Waals surface area contributed by atoms with Crippen molar-refractivity contribution in [1.29, 1.82) is 0 Å². The lowest BCUT2D eigenvalue weighted by molar-refractivity contribution is 0.0703. The quantitative estimate of drug-likeness (QED) is 0.529. The topological polar surface area (TPSA) is 35.5 Å². The highest BCUT2D eigenvalue weighted by Gasteiger charge is 2.04. The van der Waals surface area contributed by atoms with Crippen molar-refractivity contribution >= 4 is 16.0 Å². The van der Waals surface area contributed by atoms with E-state index in [4.69, 9.17) is 8.85 Å². The predicted molar refractivity (Wildman–Crippen MR) is 52.0 cm³/mol. The molecule has 0 aliphatic heterocycles. The maximum Gasteiger partial charge on any atom is 0.369 e. The molecule has 1 aromatic carbocycles. The Morgan fingerprint density at radius 3 is 2.69 bits per heavy atom. The van der Waals surface area contributed by atoms with Crippen LogP contribution in [0.4, 0.5) is 0 Å². The van der Waals surface area contributed by atoms with E-state index in [1.165, 1.54) is 0 Å². The molecule has 13 heavy (non-hydrogen) atoms. The summed E-state index contributed by atoms with van der Waals surface area (Å²) in [7, 11) is -1.13. The van der Waals surface area contributed by atoms with E-state index in [1.807, 2.05) is 13.0 Å². The Kier molecular flexibility index (Phi) is 4.21. The average Bonchev–Trinajstić information content (AvgIpc) is 2.19. The molecule has 0 aliphatic carbocycles. The summed E-state index contributed by atoms with van der Waals surface area (Å²) in [6.45, 7) is 2.48. The molecule has 0 spiro atoms. The standard InChI is InChI=1S/C9H12O3Si/c1-2-11-13-12-9(10)8-6-4-3-5-7-8/h3-7H,2,13H2,1H3. The summed E-state index contributed by atoms with van der Waals surface area (Å²) < 4.78 is 9.97. The second-order valence-corrected chi connectivity index (χ2v) is 3.34. The average molecular weight is 196 g/mol. The molecular formula is C9H12O3Si. The van der Waals surface area contributed by atoms with Gasteiger partial charge in [0.15, 0.2) is 0 Å². The van der Waals surface area contributed by atoms with Gasteiger partial charge in [-0.05, 0) is 19.1 Å². The van der Waals surface area contributed by atoms with Gasteiger partial charge in [-0.15, -0.1) is 0 Å². The van der Waals surface area contributed by atoms with E-state index >= 15 is 0 Å². The van der Waals surface area contributed by atoms with Gasteiger partial charge in [-0.2, -0.15) is 0 Å². The van der Waals surface area contributed by atoms with E-state index < -0.39 is 10.0 Å². The summed E-state index contributed by atoms with van der Waals surface area (Å²) in [6.07, 6.45) is 0. The highest BCUT2D eigenvalue weighted by molar-refractivity contribution is 6.23. The van der Waals surface area contributed by atoms with Gasteiger partial charge in [0.2, 0.25) is 0 Å². The first-order valence-corrected chi connectivity index (χ1v) is 5.30. The van der Waals surface area contributed by atoms with Crippen LogP contribution >= 0.6 is 0 Å². The van der Waals surface area contributed by atoms with Crippen molar-refractivity contribution in [3.63, 3.8) is 0 Å². The largest absolute Gasteiger partial charge is 0.496 e. The molecule has 0 amide bonds. The van der Waals surface area contributed by atoms with E-state index in [9.17, 15) is 4.79 Å². The molecular weight excluding hydrogens is 184 g/mol. The molecule has 4 heteroatoms. The lowest BCUT2D eigenvalue weighted by Crippen LogP contribution is -2.11. The first-order valence-electron chi connectivity index (χ1n) is 4.14. The number of hydrogen-bond acceptors (Lipinski definition) is 3. The minimum atomic E-state index is -1.13. The molecule has 0 saturated heterocycles. The summed E-state index contributed by atoms with van der Waals surface area (Å²) in [4.78, 5) is 11.3. The summed E-state index contributed by atoms with van der Waals surface area (Å²) in [5, 5.41) is 0. The normalized spacial score (nSPS) is 10.5. The zero-order chi connectivity index (χ0) is 9.52. The molecule has 0 aromatic heterocycles. The van der Waals surface area contributed by atoms with Crippen LogP contribution in [0, 0.1) is 0 Å². The molecule has 0 unspecified atom stereocenters. The van der Waals surface area contributed by atoms with Crippen LogP contribution in [-0.2, 0) is 8.85 Å². The van der Waals surface area contributed by atoms with Gasteiger partial charge in [0.1, 0.15) is 0 Å². The zero-order valence-electron chi connectivity index (χ0n) is 7.53. The first-order chi connectivity index (χ1) is 6.34. The number of benzene rings is 1. The summed E-state index contributed by atoms with van der Waals surface area (Å²) in [5.74, 6) is -0.291. The van der Waals surface area contributed by atoms with Crippen molar-refractivity contribution in [2.24, 2.45) is 0 Å². The molecule has 0 heterocycles. The third-order valence-electron chi connectivity index (χ3n) is 1.49. The second-order valence-electron chi connectivity index (χ2n) is 2.41. The smallest absolute Gasteiger partial charge is 0.369 e. The second kappa shape index (κ2) is 5.50. The van der Waals surface area contributed by atoms with Crippen LogP contribution in [0.15, 0.2) is 30.3 Å². The van der Waals surface area contributed by atoms with Gasteiger partial charge in [-0.3, -0.25) is 0 Å². The number of carbonyl (C=O) groups excluding carboxylic acids is 1. The van der Waals surface area contributed by atoms with Crippen LogP contribution in [0.5, 0.6) is 0 Å². The fraction of sp³-hybridized carbons (Fsp3) is 0.222. The van der Waals surface area contributed by atoms with Crippen molar-refractivity contribution in [3.05, 3.63) is 35.9 Å². The lowest BCUT2D eigenvalue weighted by Gasteiger charge is -2.03. The number of carbonyl (C=O) groups is 1. The molecule has 0 atom stereocenters. The third-order valence-corrected chi connectivity index (χ3v) is 2.44. The highest BCUT2D eigenvalue weighted by atomic mass is 28.3. The Hall–Kier alpha value is -1.13. The van der Waals surface area contributed by atoms with Gasteiger partial charge in [-0.1, -0.05) is 18.2 Å². The van der Waals surface area contributed by atoms with Crippen LogP contribution < -0.4 is 0 Å². The molecule has 0 bridgehead atoms. The summed E-state index contributed by atoms with van der Waals surface area (Å²) in [5.41, 5.74) is 0.578. The Labute approximate surface area is 79.7 Å². The van der Waals surface area contributed by atoms with Crippen LogP contribution in [0.3, 0.4) is 0 Å². The van der Waals surface area contributed by atoms with E-state index in [0.717, 1.165) is 0 Å². The lowest BCUT2D eigenvalue weighted by atomic mass is 10.2. The third kappa shape index (κ3) is 3.39. The van der Waals surface area contributed by atoms with Crippen molar-refractivity contribution in [2.75, 3.05) is 6.61 Å².